The summed E-state index contributed by atoms with van der Waals surface area (Å²) in [6.45, 7) is 1.75. The van der Waals surface area contributed by atoms with Gasteiger partial charge in [-0.25, -0.2) is 17.4 Å². The van der Waals surface area contributed by atoms with Crippen molar-refractivity contribution in [3.05, 3.63) is 64.7 Å². The summed E-state index contributed by atoms with van der Waals surface area (Å²) in [4.78, 5) is 23.4. The number of amides is 1. The second kappa shape index (κ2) is 9.96. The largest absolute Gasteiger partial charge is 0.462 e. The van der Waals surface area contributed by atoms with Crippen molar-refractivity contribution in [2.75, 3.05) is 12.9 Å². The molecule has 0 saturated heterocycles. The summed E-state index contributed by atoms with van der Waals surface area (Å²) in [5.41, 5.74) is 2.87. The summed E-state index contributed by atoms with van der Waals surface area (Å²) >= 11 is 5.87. The van der Waals surface area contributed by atoms with Crippen LogP contribution in [0.2, 0.25) is 5.02 Å². The zero-order valence-electron chi connectivity index (χ0n) is 17.1. The average molecular weight is 505 g/mol. The number of esters is 1. The van der Waals surface area contributed by atoms with Gasteiger partial charge in [-0.05, 0) is 37.3 Å². The zero-order chi connectivity index (χ0) is 24.2. The lowest BCUT2D eigenvalue weighted by molar-refractivity contribution is -0.122. The molecular weight excluding hydrogens is 484 g/mol. The van der Waals surface area contributed by atoms with Crippen molar-refractivity contribution in [2.24, 2.45) is 5.73 Å². The molecule has 0 radical (unpaired) electrons. The third kappa shape index (κ3) is 6.74. The number of carbonyl (C=O) groups excluding carboxylic acids is 2. The number of benzene rings is 2. The van der Waals surface area contributed by atoms with Gasteiger partial charge < -0.3 is 10.5 Å². The monoisotopic (exact) mass is 504 g/mol. The number of carbonyl (C=O) groups is 2. The number of ether oxygens (including phenoxy) is 1. The van der Waals surface area contributed by atoms with Crippen LogP contribution in [-0.2, 0) is 39.6 Å². The van der Waals surface area contributed by atoms with Gasteiger partial charge in [0.2, 0.25) is 15.9 Å². The van der Waals surface area contributed by atoms with E-state index < -0.39 is 44.2 Å². The van der Waals surface area contributed by atoms with Gasteiger partial charge in [0, 0.05) is 10.6 Å². The first-order chi connectivity index (χ1) is 14.8. The Balaban J connectivity index is 2.65. The molecule has 2 aromatic carbocycles. The summed E-state index contributed by atoms with van der Waals surface area (Å²) in [7, 11) is -8.79. The number of hydrogen-bond acceptors (Lipinski definition) is 8. The fraction of sp³-hybridized carbons (Fsp3) is 0.263. The second-order valence-electron chi connectivity index (χ2n) is 6.62. The number of nitrogens with one attached hydrogen (secondary N) is 1. The zero-order valence-corrected chi connectivity index (χ0v) is 19.5. The van der Waals surface area contributed by atoms with E-state index in [0.717, 1.165) is 6.07 Å². The van der Waals surface area contributed by atoms with E-state index >= 15 is 0 Å². The standard InChI is InChI=1S/C19H21ClN2O8S2/c1-3-29-18(24)13-7-9-14(10-8-13)19(12-17(21)23,30-31(2,25)26)22-32(27,28)16-6-4-5-15(20)11-16/h4-11,22H,3,12H2,1-2H3,(H2,21,23). The third-order valence-corrected chi connectivity index (χ3v) is 6.28. The molecular formula is C19H21ClN2O8S2. The molecule has 0 fully saturated rings. The normalized spacial score (nSPS) is 13.8. The average Bonchev–Trinajstić information content (AvgIpc) is 2.66. The van der Waals surface area contributed by atoms with Crippen molar-refractivity contribution in [3.63, 3.8) is 0 Å². The lowest BCUT2D eigenvalue weighted by atomic mass is 9.98. The molecule has 0 heterocycles. The fourth-order valence-electron chi connectivity index (χ4n) is 2.80. The van der Waals surface area contributed by atoms with E-state index in [1.165, 1.54) is 42.5 Å². The molecule has 1 atom stereocenters. The van der Waals surface area contributed by atoms with Crippen LogP contribution in [0.4, 0.5) is 0 Å². The molecule has 0 saturated carbocycles. The Kier molecular flexibility index (Phi) is 8.02. The molecule has 0 bridgehead atoms. The smallest absolute Gasteiger partial charge is 0.338 e. The van der Waals surface area contributed by atoms with Gasteiger partial charge >= 0.3 is 5.97 Å². The van der Waals surface area contributed by atoms with Crippen molar-refractivity contribution < 1.29 is 35.3 Å². The summed E-state index contributed by atoms with van der Waals surface area (Å²) in [5.74, 6) is -1.71. The van der Waals surface area contributed by atoms with Gasteiger partial charge in [-0.2, -0.15) is 13.1 Å². The summed E-state index contributed by atoms with van der Waals surface area (Å²) in [5, 5.41) is 0.108. The SMILES string of the molecule is CCOC(=O)c1ccc(C(CC(N)=O)(NS(=O)(=O)c2cccc(Cl)c2)OS(C)(=O)=O)cc1. The van der Waals surface area contributed by atoms with Crippen LogP contribution in [0, 0.1) is 0 Å². The molecule has 174 valence electrons. The lowest BCUT2D eigenvalue weighted by Gasteiger charge is -2.32. The Labute approximate surface area is 190 Å². The summed E-state index contributed by atoms with van der Waals surface area (Å²) in [6.07, 6.45) is -0.192. The van der Waals surface area contributed by atoms with Gasteiger partial charge in [-0.1, -0.05) is 29.8 Å². The van der Waals surface area contributed by atoms with Gasteiger partial charge in [0.05, 0.1) is 29.7 Å². The Bertz CT molecular complexity index is 1210. The Morgan fingerprint density at radius 3 is 2.22 bits per heavy atom. The minimum absolute atomic E-state index is 0.0969. The van der Waals surface area contributed by atoms with E-state index in [-0.39, 0.29) is 27.7 Å². The van der Waals surface area contributed by atoms with E-state index in [1.54, 1.807) is 6.92 Å². The van der Waals surface area contributed by atoms with Crippen molar-refractivity contribution in [3.8, 4) is 0 Å². The third-order valence-electron chi connectivity index (χ3n) is 3.98. The van der Waals surface area contributed by atoms with Crippen LogP contribution < -0.4 is 10.5 Å². The first-order valence-corrected chi connectivity index (χ1v) is 12.7. The van der Waals surface area contributed by atoms with Gasteiger partial charge in [0.25, 0.3) is 10.1 Å². The molecule has 13 heteroatoms. The fourth-order valence-corrected chi connectivity index (χ4v) is 5.14. The first kappa shape index (κ1) is 25.7. The molecule has 1 amide bonds. The Hall–Kier alpha value is -2.51. The highest BCUT2D eigenvalue weighted by Gasteiger charge is 2.43. The van der Waals surface area contributed by atoms with Crippen LogP contribution >= 0.6 is 11.6 Å². The van der Waals surface area contributed by atoms with Crippen molar-refractivity contribution >= 4 is 43.6 Å². The topological polar surface area (TPSA) is 159 Å². The number of hydrogen-bond donors (Lipinski definition) is 2. The van der Waals surface area contributed by atoms with Crippen molar-refractivity contribution in [1.82, 2.24) is 4.72 Å². The van der Waals surface area contributed by atoms with Gasteiger partial charge in [0.1, 0.15) is 0 Å². The minimum Gasteiger partial charge on any atom is -0.462 e. The minimum atomic E-state index is -4.46. The highest BCUT2D eigenvalue weighted by Crippen LogP contribution is 2.32. The van der Waals surface area contributed by atoms with Crippen LogP contribution in [0.5, 0.6) is 0 Å². The number of sulfonamides is 1. The molecule has 2 rings (SSSR count). The van der Waals surface area contributed by atoms with Gasteiger partial charge in [-0.3, -0.25) is 4.79 Å². The van der Waals surface area contributed by atoms with Crippen LogP contribution in [0.3, 0.4) is 0 Å². The number of halogens is 1. The number of nitrogens with two attached hydrogens (primary N) is 1. The maximum absolute atomic E-state index is 13.0. The van der Waals surface area contributed by atoms with Gasteiger partial charge in [0.15, 0.2) is 5.72 Å². The van der Waals surface area contributed by atoms with Crippen LogP contribution in [-0.4, -0.2) is 41.6 Å². The number of rotatable bonds is 10. The van der Waals surface area contributed by atoms with Crippen LogP contribution in [0.15, 0.2) is 53.4 Å². The maximum Gasteiger partial charge on any atom is 0.338 e. The molecule has 3 N–H and O–H groups in total. The number of primary amides is 1. The Morgan fingerprint density at radius 1 is 1.09 bits per heavy atom. The highest BCUT2D eigenvalue weighted by molar-refractivity contribution is 7.89. The first-order valence-electron chi connectivity index (χ1n) is 9.04. The molecule has 10 nitrogen and oxygen atoms in total. The molecule has 2 aromatic rings. The molecule has 0 aliphatic rings. The summed E-state index contributed by atoms with van der Waals surface area (Å²) < 4.78 is 62.2. The quantitative estimate of drug-likeness (QED) is 0.279. The van der Waals surface area contributed by atoms with Crippen LogP contribution in [0.1, 0.15) is 29.3 Å². The lowest BCUT2D eigenvalue weighted by Crippen LogP contribution is -2.51. The highest BCUT2D eigenvalue weighted by atomic mass is 35.5. The van der Waals surface area contributed by atoms with Crippen molar-refractivity contribution in [1.29, 1.82) is 0 Å². The predicted octanol–water partition coefficient (Wildman–Crippen LogP) is 1.50. The molecule has 1 unspecified atom stereocenters. The maximum atomic E-state index is 13.0. The van der Waals surface area contributed by atoms with Gasteiger partial charge in [-0.15, -0.1) is 0 Å². The van der Waals surface area contributed by atoms with Crippen molar-refractivity contribution in [2.45, 2.75) is 24.0 Å². The van der Waals surface area contributed by atoms with E-state index in [4.69, 9.17) is 26.3 Å². The predicted molar refractivity (Wildman–Crippen MR) is 116 cm³/mol. The summed E-state index contributed by atoms with van der Waals surface area (Å²) in [6, 6.07) is 10.1. The molecule has 0 aliphatic heterocycles. The molecule has 0 aliphatic carbocycles. The Morgan fingerprint density at radius 2 is 1.72 bits per heavy atom. The van der Waals surface area contributed by atoms with E-state index in [9.17, 15) is 26.4 Å². The van der Waals surface area contributed by atoms with E-state index in [2.05, 4.69) is 4.72 Å². The molecule has 32 heavy (non-hydrogen) atoms. The van der Waals surface area contributed by atoms with E-state index in [0.29, 0.717) is 6.26 Å². The van der Waals surface area contributed by atoms with Crippen LogP contribution in [0.25, 0.3) is 0 Å². The van der Waals surface area contributed by atoms with E-state index in [1.807, 2.05) is 0 Å². The second-order valence-corrected chi connectivity index (χ2v) is 10.3. The molecule has 0 aromatic heterocycles. The molecule has 0 spiro atoms.